The first kappa shape index (κ1) is 17.6. The minimum absolute atomic E-state index is 0.180. The smallest absolute Gasteiger partial charge is 0.136 e. The van der Waals surface area contributed by atoms with E-state index in [2.05, 4.69) is 31.2 Å². The van der Waals surface area contributed by atoms with Gasteiger partial charge in [-0.2, -0.15) is 0 Å². The number of rotatable bonds is 4. The molecule has 0 radical (unpaired) electrons. The van der Waals surface area contributed by atoms with Crippen LogP contribution in [0.25, 0.3) is 0 Å². The number of halogens is 1. The monoisotopic (exact) mass is 358 g/mol. The van der Waals surface area contributed by atoms with Gasteiger partial charge in [-0.1, -0.05) is 48.9 Å². The first-order valence-electron chi connectivity index (χ1n) is 8.37. The number of fused-ring (bicyclic) bond motifs is 1. The molecule has 2 unspecified atom stereocenters. The molecule has 2 aromatic carbocycles. The zero-order valence-corrected chi connectivity index (χ0v) is 15.1. The van der Waals surface area contributed by atoms with E-state index in [-0.39, 0.29) is 6.54 Å². The van der Waals surface area contributed by atoms with Crippen molar-refractivity contribution in [3.05, 3.63) is 64.2 Å². The highest BCUT2D eigenvalue weighted by Crippen LogP contribution is 2.41. The molecule has 1 heterocycles. The van der Waals surface area contributed by atoms with Crippen molar-refractivity contribution in [2.45, 2.75) is 25.8 Å². The fraction of sp³-hybridized carbons (Fsp3) is 0.350. The molecule has 0 bridgehead atoms. The number of ether oxygens (including phenoxy) is 1. The molecular weight excluding hydrogens is 338 g/mol. The maximum Gasteiger partial charge on any atom is 0.136 e. The lowest BCUT2D eigenvalue weighted by atomic mass is 9.81. The summed E-state index contributed by atoms with van der Waals surface area (Å²) in [6, 6.07) is 14.2. The first-order valence-corrected chi connectivity index (χ1v) is 8.74. The van der Waals surface area contributed by atoms with Crippen LogP contribution in [-0.4, -0.2) is 24.6 Å². The van der Waals surface area contributed by atoms with Gasteiger partial charge in [-0.15, -0.1) is 0 Å². The van der Waals surface area contributed by atoms with Crippen LogP contribution in [0.1, 0.15) is 29.5 Å². The SMILES string of the molecule is CC1c2cc(Cl)c(CN(C)C(=O)[O-])cc2OCC1Cc1ccccc1. The number of carboxylic acid groups (broad SMARTS) is 1. The van der Waals surface area contributed by atoms with E-state index in [4.69, 9.17) is 16.3 Å². The molecule has 3 rings (SSSR count). The number of nitrogens with zero attached hydrogens (tertiary/aromatic N) is 1. The predicted molar refractivity (Wildman–Crippen MR) is 95.9 cm³/mol. The maximum absolute atomic E-state index is 10.9. The molecule has 25 heavy (non-hydrogen) atoms. The zero-order valence-electron chi connectivity index (χ0n) is 14.4. The van der Waals surface area contributed by atoms with E-state index in [1.807, 2.05) is 18.2 Å². The fourth-order valence-corrected chi connectivity index (χ4v) is 3.51. The molecule has 0 fully saturated rings. The third kappa shape index (κ3) is 3.90. The molecule has 5 heteroatoms. The summed E-state index contributed by atoms with van der Waals surface area (Å²) in [5, 5.41) is 11.5. The Labute approximate surface area is 153 Å². The van der Waals surface area contributed by atoms with Gasteiger partial charge in [0.25, 0.3) is 0 Å². The summed E-state index contributed by atoms with van der Waals surface area (Å²) < 4.78 is 5.98. The van der Waals surface area contributed by atoms with Crippen LogP contribution in [0.3, 0.4) is 0 Å². The van der Waals surface area contributed by atoms with Crippen molar-refractivity contribution in [1.82, 2.24) is 4.90 Å². The maximum atomic E-state index is 10.9. The summed E-state index contributed by atoms with van der Waals surface area (Å²) in [5.74, 6) is 1.49. The highest BCUT2D eigenvalue weighted by atomic mass is 35.5. The molecule has 1 amide bonds. The average Bonchev–Trinajstić information content (AvgIpc) is 2.59. The lowest BCUT2D eigenvalue weighted by Crippen LogP contribution is -2.37. The normalized spacial score (nSPS) is 19.0. The molecule has 0 saturated carbocycles. The van der Waals surface area contributed by atoms with E-state index in [1.165, 1.54) is 12.6 Å². The Morgan fingerprint density at radius 2 is 2.04 bits per heavy atom. The molecule has 0 saturated heterocycles. The lowest BCUT2D eigenvalue weighted by Gasteiger charge is -2.32. The number of benzene rings is 2. The Balaban J connectivity index is 1.80. The third-order valence-electron chi connectivity index (χ3n) is 4.89. The van der Waals surface area contributed by atoms with Crippen LogP contribution in [0.2, 0.25) is 5.02 Å². The highest BCUT2D eigenvalue weighted by Gasteiger charge is 2.28. The minimum atomic E-state index is -1.23. The van der Waals surface area contributed by atoms with Crippen LogP contribution >= 0.6 is 11.6 Å². The molecule has 4 nitrogen and oxygen atoms in total. The molecule has 0 N–H and O–H groups in total. The number of carbonyl (C=O) groups is 1. The molecular formula is C20H21ClNO3-. The number of hydrogen-bond acceptors (Lipinski definition) is 3. The summed E-state index contributed by atoms with van der Waals surface area (Å²) in [4.78, 5) is 12.0. The van der Waals surface area contributed by atoms with Gasteiger partial charge in [0.15, 0.2) is 0 Å². The van der Waals surface area contributed by atoms with E-state index in [0.29, 0.717) is 23.5 Å². The highest BCUT2D eigenvalue weighted by molar-refractivity contribution is 6.31. The van der Waals surface area contributed by atoms with E-state index < -0.39 is 6.09 Å². The molecule has 2 aromatic rings. The van der Waals surface area contributed by atoms with E-state index in [1.54, 1.807) is 0 Å². The number of carbonyl (C=O) groups excluding carboxylic acids is 1. The van der Waals surface area contributed by atoms with Gasteiger partial charge in [0.1, 0.15) is 11.8 Å². The van der Waals surface area contributed by atoms with Crippen molar-refractivity contribution in [2.24, 2.45) is 5.92 Å². The van der Waals surface area contributed by atoms with Crippen LogP contribution in [0, 0.1) is 5.92 Å². The molecule has 132 valence electrons. The Morgan fingerprint density at radius 1 is 1.32 bits per heavy atom. The fourth-order valence-electron chi connectivity index (χ4n) is 3.28. The van der Waals surface area contributed by atoms with Crippen molar-refractivity contribution < 1.29 is 14.6 Å². The van der Waals surface area contributed by atoms with Crippen LogP contribution in [0.15, 0.2) is 42.5 Å². The Kier molecular flexibility index (Phi) is 5.19. The summed E-state index contributed by atoms with van der Waals surface area (Å²) >= 11 is 6.39. The van der Waals surface area contributed by atoms with E-state index >= 15 is 0 Å². The number of hydrogen-bond donors (Lipinski definition) is 0. The van der Waals surface area contributed by atoms with Crippen molar-refractivity contribution in [1.29, 1.82) is 0 Å². The summed E-state index contributed by atoms with van der Waals surface area (Å²) in [6.07, 6.45) is -0.278. The lowest BCUT2D eigenvalue weighted by molar-refractivity contribution is -0.264. The Hall–Kier alpha value is -2.20. The van der Waals surface area contributed by atoms with Gasteiger partial charge in [0.05, 0.1) is 6.61 Å². The molecule has 0 aromatic heterocycles. The quantitative estimate of drug-likeness (QED) is 0.840. The van der Waals surface area contributed by atoms with Crippen LogP contribution < -0.4 is 9.84 Å². The molecule has 2 atom stereocenters. The second-order valence-electron chi connectivity index (χ2n) is 6.65. The topological polar surface area (TPSA) is 52.6 Å². The van der Waals surface area contributed by atoms with Gasteiger partial charge >= 0.3 is 0 Å². The Morgan fingerprint density at radius 3 is 2.72 bits per heavy atom. The van der Waals surface area contributed by atoms with Crippen LogP contribution in [0.5, 0.6) is 5.75 Å². The van der Waals surface area contributed by atoms with Gasteiger partial charge in [-0.25, -0.2) is 0 Å². The third-order valence-corrected chi connectivity index (χ3v) is 5.24. The molecule has 1 aliphatic rings. The number of amides is 1. The van der Waals surface area contributed by atoms with Crippen LogP contribution in [0.4, 0.5) is 4.79 Å². The average molecular weight is 359 g/mol. The van der Waals surface area contributed by atoms with Gasteiger partial charge < -0.3 is 19.5 Å². The summed E-state index contributed by atoms with van der Waals surface area (Å²) in [5.41, 5.74) is 3.10. The second-order valence-corrected chi connectivity index (χ2v) is 7.06. The Bertz CT molecular complexity index is 763. The van der Waals surface area contributed by atoms with Crippen molar-refractivity contribution in [3.8, 4) is 5.75 Å². The van der Waals surface area contributed by atoms with Crippen molar-refractivity contribution in [2.75, 3.05) is 13.7 Å². The van der Waals surface area contributed by atoms with E-state index in [0.717, 1.165) is 28.2 Å². The van der Waals surface area contributed by atoms with Gasteiger partial charge in [-0.05, 0) is 41.2 Å². The summed E-state index contributed by atoms with van der Waals surface area (Å²) in [6.45, 7) is 3.01. The standard InChI is InChI=1S/C20H22ClNO3/c1-13-16(8-14-6-4-3-5-7-14)12-25-19-9-15(11-22(2)20(23)24)18(21)10-17(13)19/h3-7,9-10,13,16H,8,11-12H2,1-2H3,(H,23,24)/p-1. The van der Waals surface area contributed by atoms with E-state index in [9.17, 15) is 9.90 Å². The summed E-state index contributed by atoms with van der Waals surface area (Å²) in [7, 11) is 1.46. The second kappa shape index (κ2) is 7.36. The molecule has 0 aliphatic carbocycles. The first-order chi connectivity index (χ1) is 12.0. The van der Waals surface area contributed by atoms with Crippen molar-refractivity contribution in [3.63, 3.8) is 0 Å². The zero-order chi connectivity index (χ0) is 18.0. The van der Waals surface area contributed by atoms with Crippen molar-refractivity contribution >= 4 is 17.7 Å². The van der Waals surface area contributed by atoms with Gasteiger partial charge in [0.2, 0.25) is 0 Å². The van der Waals surface area contributed by atoms with Gasteiger partial charge in [-0.3, -0.25) is 0 Å². The molecule has 0 spiro atoms. The van der Waals surface area contributed by atoms with Gasteiger partial charge in [0, 0.05) is 24.5 Å². The van der Waals surface area contributed by atoms with Crippen LogP contribution in [-0.2, 0) is 13.0 Å². The minimum Gasteiger partial charge on any atom is -0.530 e. The molecule has 1 aliphatic heterocycles. The predicted octanol–water partition coefficient (Wildman–Crippen LogP) is 3.47. The largest absolute Gasteiger partial charge is 0.530 e.